The van der Waals surface area contributed by atoms with Crippen molar-refractivity contribution in [2.45, 2.75) is 6.18 Å². The average molecular weight is 308 g/mol. The molecule has 2 rings (SSSR count). The molecule has 0 unspecified atom stereocenters. The molecule has 8 heteroatoms. The number of pyridine rings is 1. The summed E-state index contributed by atoms with van der Waals surface area (Å²) in [6.07, 6.45) is -2.37. The predicted molar refractivity (Wildman–Crippen MR) is 52.2 cm³/mol. The lowest BCUT2D eigenvalue weighted by molar-refractivity contribution is -0.255. The zero-order valence-corrected chi connectivity index (χ0v) is 9.54. The number of carbonyl (C=O) groups excluding carboxylic acids is 1. The monoisotopic (exact) mass is 307 g/mol. The highest BCUT2D eigenvalue weighted by atomic mass is 79.9. The predicted octanol–water partition coefficient (Wildman–Crippen LogP) is 1.48. The van der Waals surface area contributed by atoms with Gasteiger partial charge in [-0.3, -0.25) is 0 Å². The number of imidazole rings is 1. The van der Waals surface area contributed by atoms with E-state index in [1.54, 1.807) is 0 Å². The molecule has 0 radical (unpaired) electrons. The SMILES string of the molecule is O=C([O-])c1cn2cc(Br)cc(C(F)(F)F)c2n1. The van der Waals surface area contributed by atoms with Crippen LogP contribution in [0.1, 0.15) is 16.1 Å². The van der Waals surface area contributed by atoms with Crippen LogP contribution in [-0.4, -0.2) is 15.4 Å². The van der Waals surface area contributed by atoms with Crippen molar-refractivity contribution in [2.24, 2.45) is 0 Å². The molecule has 2 heterocycles. The molecule has 0 aliphatic rings. The number of carboxylic acid groups (broad SMARTS) is 1. The molecule has 90 valence electrons. The van der Waals surface area contributed by atoms with Gasteiger partial charge in [-0.1, -0.05) is 0 Å². The van der Waals surface area contributed by atoms with Crippen molar-refractivity contribution in [3.05, 3.63) is 34.2 Å². The van der Waals surface area contributed by atoms with E-state index in [2.05, 4.69) is 20.9 Å². The first-order chi connectivity index (χ1) is 7.79. The Labute approximate surface area is 101 Å². The molecule has 0 spiro atoms. The van der Waals surface area contributed by atoms with Crippen LogP contribution < -0.4 is 5.11 Å². The Morgan fingerprint density at radius 3 is 2.59 bits per heavy atom. The minimum absolute atomic E-state index is 0.166. The van der Waals surface area contributed by atoms with Crippen LogP contribution in [0.15, 0.2) is 22.9 Å². The zero-order chi connectivity index (χ0) is 12.8. The van der Waals surface area contributed by atoms with Crippen LogP contribution in [-0.2, 0) is 6.18 Å². The van der Waals surface area contributed by atoms with E-state index in [9.17, 15) is 23.1 Å². The van der Waals surface area contributed by atoms with Crippen molar-refractivity contribution in [2.75, 3.05) is 0 Å². The number of hydrogen-bond acceptors (Lipinski definition) is 3. The third-order valence-corrected chi connectivity index (χ3v) is 2.47. The van der Waals surface area contributed by atoms with Gasteiger partial charge in [0.2, 0.25) is 0 Å². The lowest BCUT2D eigenvalue weighted by Gasteiger charge is -2.08. The molecule has 0 fully saturated rings. The van der Waals surface area contributed by atoms with E-state index in [1.165, 1.54) is 6.20 Å². The number of halogens is 4. The number of fused-ring (bicyclic) bond motifs is 1. The molecular formula is C9H3BrF3N2O2-. The summed E-state index contributed by atoms with van der Waals surface area (Å²) in [5.74, 6) is -1.63. The Morgan fingerprint density at radius 1 is 1.41 bits per heavy atom. The Kier molecular flexibility index (Phi) is 2.61. The first kappa shape index (κ1) is 11.9. The van der Waals surface area contributed by atoms with Crippen LogP contribution in [0, 0.1) is 0 Å². The fourth-order valence-electron chi connectivity index (χ4n) is 1.37. The molecule has 0 saturated heterocycles. The van der Waals surface area contributed by atoms with Gasteiger partial charge in [0.1, 0.15) is 11.3 Å². The molecular weight excluding hydrogens is 305 g/mol. The van der Waals surface area contributed by atoms with Crippen LogP contribution in [0.5, 0.6) is 0 Å². The van der Waals surface area contributed by atoms with Crippen molar-refractivity contribution in [1.82, 2.24) is 9.38 Å². The van der Waals surface area contributed by atoms with E-state index in [4.69, 9.17) is 0 Å². The second kappa shape index (κ2) is 3.73. The number of carboxylic acids is 1. The fourth-order valence-corrected chi connectivity index (χ4v) is 1.82. The Morgan fingerprint density at radius 2 is 2.06 bits per heavy atom. The van der Waals surface area contributed by atoms with Crippen molar-refractivity contribution in [3.8, 4) is 0 Å². The summed E-state index contributed by atoms with van der Waals surface area (Å²) in [5, 5.41) is 10.5. The highest BCUT2D eigenvalue weighted by Gasteiger charge is 2.34. The molecule has 2 aromatic heterocycles. The lowest BCUT2D eigenvalue weighted by Crippen LogP contribution is -2.22. The summed E-state index contributed by atoms with van der Waals surface area (Å²) in [6.45, 7) is 0. The quantitative estimate of drug-likeness (QED) is 0.802. The van der Waals surface area contributed by atoms with E-state index < -0.39 is 29.1 Å². The third-order valence-electron chi connectivity index (χ3n) is 2.03. The number of hydrogen-bond donors (Lipinski definition) is 0. The first-order valence-corrected chi connectivity index (χ1v) is 5.05. The second-order valence-corrected chi connectivity index (χ2v) is 4.13. The van der Waals surface area contributed by atoms with Crippen molar-refractivity contribution in [3.63, 3.8) is 0 Å². The highest BCUT2D eigenvalue weighted by Crippen LogP contribution is 2.33. The maximum Gasteiger partial charge on any atom is 0.420 e. The molecule has 0 amide bonds. The Balaban J connectivity index is 2.79. The van der Waals surface area contributed by atoms with Gasteiger partial charge >= 0.3 is 6.18 Å². The van der Waals surface area contributed by atoms with Crippen molar-refractivity contribution >= 4 is 27.5 Å². The summed E-state index contributed by atoms with van der Waals surface area (Å²) < 4.78 is 39.2. The van der Waals surface area contributed by atoms with Gasteiger partial charge in [-0.15, -0.1) is 0 Å². The van der Waals surface area contributed by atoms with Gasteiger partial charge in [-0.25, -0.2) is 4.98 Å². The van der Waals surface area contributed by atoms with E-state index in [0.717, 1.165) is 16.7 Å². The van der Waals surface area contributed by atoms with Gasteiger partial charge < -0.3 is 14.3 Å². The summed E-state index contributed by atoms with van der Waals surface area (Å²) in [5.41, 5.74) is -2.03. The number of aromatic carboxylic acids is 1. The third kappa shape index (κ3) is 2.12. The minimum Gasteiger partial charge on any atom is -0.543 e. The van der Waals surface area contributed by atoms with E-state index in [-0.39, 0.29) is 4.47 Å². The van der Waals surface area contributed by atoms with Gasteiger partial charge in [-0.2, -0.15) is 13.2 Å². The summed E-state index contributed by atoms with van der Waals surface area (Å²) in [7, 11) is 0. The van der Waals surface area contributed by atoms with Crippen molar-refractivity contribution in [1.29, 1.82) is 0 Å². The van der Waals surface area contributed by atoms with E-state index in [0.29, 0.717) is 0 Å². The van der Waals surface area contributed by atoms with Crippen LogP contribution in [0.2, 0.25) is 0 Å². The molecule has 4 nitrogen and oxygen atoms in total. The number of nitrogens with zero attached hydrogens (tertiary/aromatic N) is 2. The summed E-state index contributed by atoms with van der Waals surface area (Å²) >= 11 is 2.91. The standard InChI is InChI=1S/C9H4BrF3N2O2/c10-4-1-5(9(11,12)13)7-14-6(8(16)17)3-15(7)2-4/h1-3H,(H,16,17)/p-1. The molecule has 0 N–H and O–H groups in total. The van der Waals surface area contributed by atoms with Crippen LogP contribution in [0.4, 0.5) is 13.2 Å². The Hall–Kier alpha value is -1.57. The number of aromatic nitrogens is 2. The minimum atomic E-state index is -4.61. The number of carbonyl (C=O) groups is 1. The van der Waals surface area contributed by atoms with E-state index in [1.807, 2.05) is 0 Å². The number of rotatable bonds is 1. The fraction of sp³-hybridized carbons (Fsp3) is 0.111. The average Bonchev–Trinajstić information content (AvgIpc) is 2.58. The zero-order valence-electron chi connectivity index (χ0n) is 7.95. The van der Waals surface area contributed by atoms with E-state index >= 15 is 0 Å². The molecule has 0 aliphatic carbocycles. The van der Waals surface area contributed by atoms with Gasteiger partial charge in [0.15, 0.2) is 0 Å². The van der Waals surface area contributed by atoms with Gasteiger partial charge in [0.25, 0.3) is 0 Å². The molecule has 0 atom stereocenters. The maximum atomic E-state index is 12.7. The highest BCUT2D eigenvalue weighted by molar-refractivity contribution is 9.10. The topological polar surface area (TPSA) is 57.4 Å². The number of alkyl halides is 3. The molecule has 0 saturated carbocycles. The molecule has 17 heavy (non-hydrogen) atoms. The summed E-state index contributed by atoms with van der Waals surface area (Å²) in [6, 6.07) is 0.835. The molecule has 2 aromatic rings. The smallest absolute Gasteiger partial charge is 0.420 e. The van der Waals surface area contributed by atoms with Gasteiger partial charge in [0.05, 0.1) is 11.5 Å². The summed E-state index contributed by atoms with van der Waals surface area (Å²) in [4.78, 5) is 13.9. The van der Waals surface area contributed by atoms with Gasteiger partial charge in [0, 0.05) is 16.9 Å². The lowest BCUT2D eigenvalue weighted by atomic mass is 10.2. The largest absolute Gasteiger partial charge is 0.543 e. The molecule has 0 aliphatic heterocycles. The first-order valence-electron chi connectivity index (χ1n) is 4.26. The normalized spacial score (nSPS) is 12.0. The second-order valence-electron chi connectivity index (χ2n) is 3.21. The van der Waals surface area contributed by atoms with Crippen LogP contribution >= 0.6 is 15.9 Å². The van der Waals surface area contributed by atoms with Crippen LogP contribution in [0.3, 0.4) is 0 Å². The van der Waals surface area contributed by atoms with Crippen molar-refractivity contribution < 1.29 is 23.1 Å². The Bertz CT molecular complexity index is 606. The molecule has 0 bridgehead atoms. The maximum absolute atomic E-state index is 12.7. The molecule has 0 aromatic carbocycles. The van der Waals surface area contributed by atoms with Crippen LogP contribution in [0.25, 0.3) is 5.65 Å². The van der Waals surface area contributed by atoms with Gasteiger partial charge in [-0.05, 0) is 22.0 Å².